The average Bonchev–Trinajstić information content (AvgIpc) is 3.30. The van der Waals surface area contributed by atoms with Crippen molar-refractivity contribution >= 4 is 33.7 Å². The average molecular weight is 390 g/mol. The monoisotopic (exact) mass is 390 g/mol. The molecule has 0 aromatic carbocycles. The fraction of sp³-hybridized carbons (Fsp3) is 0.438. The largest absolute Gasteiger partial charge is 0.374 e. The molecule has 1 amide bonds. The van der Waals surface area contributed by atoms with Crippen LogP contribution in [0.4, 0.5) is 5.13 Å². The van der Waals surface area contributed by atoms with Gasteiger partial charge in [-0.05, 0) is 26.7 Å². The highest BCUT2D eigenvalue weighted by molar-refractivity contribution is 7.15. The second kappa shape index (κ2) is 6.76. The summed E-state index contributed by atoms with van der Waals surface area (Å²) in [5.41, 5.74) is 8.39. The molecular formula is C16H18N6O2S2. The number of carbonyl (C=O) groups excluding carboxylic acids is 1. The van der Waals surface area contributed by atoms with Crippen molar-refractivity contribution in [1.29, 1.82) is 0 Å². The van der Waals surface area contributed by atoms with Gasteiger partial charge in [-0.3, -0.25) is 4.79 Å². The summed E-state index contributed by atoms with van der Waals surface area (Å²) in [5, 5.41) is 16.7. The molecule has 0 bridgehead atoms. The van der Waals surface area contributed by atoms with Crippen molar-refractivity contribution in [3.8, 4) is 10.6 Å². The zero-order valence-corrected chi connectivity index (χ0v) is 16.0. The Balaban J connectivity index is 1.45. The normalized spacial score (nSPS) is 16.5. The summed E-state index contributed by atoms with van der Waals surface area (Å²) < 4.78 is 5.25. The van der Waals surface area contributed by atoms with Gasteiger partial charge in [-0.25, -0.2) is 4.98 Å². The molecule has 8 nitrogen and oxygen atoms in total. The molecule has 0 saturated heterocycles. The molecule has 1 aliphatic rings. The van der Waals surface area contributed by atoms with Crippen molar-refractivity contribution in [2.24, 2.45) is 5.92 Å². The van der Waals surface area contributed by atoms with Crippen molar-refractivity contribution in [2.45, 2.75) is 39.7 Å². The molecule has 1 aliphatic carbocycles. The Hall–Kier alpha value is -2.33. The van der Waals surface area contributed by atoms with Crippen LogP contribution in [-0.2, 0) is 24.2 Å². The molecule has 3 N–H and O–H groups in total. The lowest BCUT2D eigenvalue weighted by Crippen LogP contribution is -2.33. The molecule has 0 fully saturated rings. The zero-order valence-electron chi connectivity index (χ0n) is 14.4. The number of nitrogen functional groups attached to an aromatic ring is 1. The molecule has 1 atom stereocenters. The number of aromatic nitrogens is 4. The molecule has 1 unspecified atom stereocenters. The van der Waals surface area contributed by atoms with E-state index in [2.05, 4.69) is 20.7 Å². The van der Waals surface area contributed by atoms with Crippen molar-refractivity contribution in [2.75, 3.05) is 5.73 Å². The lowest BCUT2D eigenvalue weighted by atomic mass is 9.90. The predicted molar refractivity (Wildman–Crippen MR) is 98.8 cm³/mol. The Morgan fingerprint density at radius 2 is 2.19 bits per heavy atom. The number of rotatable bonds is 4. The number of anilines is 1. The van der Waals surface area contributed by atoms with E-state index in [1.165, 1.54) is 16.2 Å². The molecule has 10 heteroatoms. The first-order chi connectivity index (χ1) is 12.5. The van der Waals surface area contributed by atoms with E-state index in [4.69, 9.17) is 15.2 Å². The van der Waals surface area contributed by atoms with Crippen molar-refractivity contribution in [3.63, 3.8) is 0 Å². The lowest BCUT2D eigenvalue weighted by molar-refractivity contribution is -0.125. The smallest absolute Gasteiger partial charge is 0.223 e. The molecule has 3 heterocycles. The summed E-state index contributed by atoms with van der Waals surface area (Å²) in [6, 6.07) is 0. The maximum atomic E-state index is 12.5. The van der Waals surface area contributed by atoms with Crippen LogP contribution in [0.15, 0.2) is 4.52 Å². The van der Waals surface area contributed by atoms with Crippen molar-refractivity contribution < 1.29 is 9.32 Å². The van der Waals surface area contributed by atoms with Gasteiger partial charge in [-0.2, -0.15) is 0 Å². The molecular weight excluding hydrogens is 372 g/mol. The first kappa shape index (κ1) is 17.1. The van der Waals surface area contributed by atoms with E-state index in [-0.39, 0.29) is 11.8 Å². The summed E-state index contributed by atoms with van der Waals surface area (Å²) in [7, 11) is 0. The van der Waals surface area contributed by atoms with Crippen molar-refractivity contribution in [1.82, 2.24) is 25.7 Å². The van der Waals surface area contributed by atoms with Gasteiger partial charge in [-0.1, -0.05) is 16.5 Å². The summed E-state index contributed by atoms with van der Waals surface area (Å²) in [6.07, 6.45) is 2.33. The summed E-state index contributed by atoms with van der Waals surface area (Å²) in [5.74, 6) is 0.725. The zero-order chi connectivity index (χ0) is 18.3. The van der Waals surface area contributed by atoms with Crippen LogP contribution in [0.5, 0.6) is 0 Å². The Morgan fingerprint density at radius 1 is 1.35 bits per heavy atom. The molecule has 0 radical (unpaired) electrons. The topological polar surface area (TPSA) is 120 Å². The molecule has 0 saturated carbocycles. The van der Waals surface area contributed by atoms with E-state index in [0.29, 0.717) is 23.1 Å². The summed E-state index contributed by atoms with van der Waals surface area (Å²) in [6.45, 7) is 4.17. The number of hydrogen-bond donors (Lipinski definition) is 2. The highest BCUT2D eigenvalue weighted by atomic mass is 32.1. The van der Waals surface area contributed by atoms with Crippen molar-refractivity contribution in [3.05, 3.63) is 27.0 Å². The number of fused-ring (bicyclic) bond motifs is 1. The van der Waals surface area contributed by atoms with E-state index in [1.807, 2.05) is 13.8 Å². The predicted octanol–water partition coefficient (Wildman–Crippen LogP) is 2.27. The molecule has 0 spiro atoms. The third-order valence-electron chi connectivity index (χ3n) is 4.45. The molecule has 3 aromatic rings. The molecule has 3 aromatic heterocycles. The Morgan fingerprint density at radius 3 is 2.88 bits per heavy atom. The molecule has 4 rings (SSSR count). The summed E-state index contributed by atoms with van der Waals surface area (Å²) >= 11 is 2.96. The van der Waals surface area contributed by atoms with Crippen LogP contribution in [0.3, 0.4) is 0 Å². The van der Waals surface area contributed by atoms with Gasteiger partial charge >= 0.3 is 0 Å². The number of nitrogens with two attached hydrogens (primary N) is 1. The third kappa shape index (κ3) is 3.21. The van der Waals surface area contributed by atoms with E-state index >= 15 is 0 Å². The van der Waals surface area contributed by atoms with Crippen LogP contribution >= 0.6 is 22.7 Å². The van der Waals surface area contributed by atoms with Gasteiger partial charge in [0.05, 0.1) is 23.5 Å². The number of nitrogens with one attached hydrogen (secondary N) is 1. The first-order valence-corrected chi connectivity index (χ1v) is 9.92. The van der Waals surface area contributed by atoms with Crippen LogP contribution in [0.2, 0.25) is 0 Å². The van der Waals surface area contributed by atoms with Crippen LogP contribution in [-0.4, -0.2) is 26.2 Å². The van der Waals surface area contributed by atoms with Gasteiger partial charge in [0.1, 0.15) is 15.8 Å². The van der Waals surface area contributed by atoms with E-state index < -0.39 is 0 Å². The number of amides is 1. The Kier molecular flexibility index (Phi) is 4.45. The highest BCUT2D eigenvalue weighted by Crippen LogP contribution is 2.37. The minimum atomic E-state index is -0.0765. The lowest BCUT2D eigenvalue weighted by Gasteiger charge is -2.20. The van der Waals surface area contributed by atoms with E-state index in [9.17, 15) is 4.79 Å². The van der Waals surface area contributed by atoms with E-state index in [1.54, 1.807) is 11.3 Å². The van der Waals surface area contributed by atoms with Gasteiger partial charge in [0.2, 0.25) is 11.0 Å². The van der Waals surface area contributed by atoms with Gasteiger partial charge in [0.25, 0.3) is 0 Å². The number of carbonyl (C=O) groups is 1. The maximum absolute atomic E-state index is 12.5. The standard InChI is InChI=1S/C16H18N6O2S2/c1-7-13(8(2)24-22-7)15-19-10-5-9(3-4-11(10)25-15)14(23)18-6-12-20-21-16(17)26-12/h9H,3-6H2,1-2H3,(H2,17,21)(H,18,23). The third-order valence-corrected chi connectivity index (χ3v) is 6.38. The number of nitrogens with zero attached hydrogens (tertiary/aromatic N) is 4. The van der Waals surface area contributed by atoms with E-state index in [0.717, 1.165) is 40.6 Å². The van der Waals surface area contributed by atoms with Gasteiger partial charge in [-0.15, -0.1) is 21.5 Å². The molecule has 26 heavy (non-hydrogen) atoms. The minimum absolute atomic E-state index is 0.0244. The van der Waals surface area contributed by atoms with Crippen LogP contribution in [0.25, 0.3) is 10.6 Å². The van der Waals surface area contributed by atoms with Gasteiger partial charge in [0.15, 0.2) is 0 Å². The molecule has 136 valence electrons. The van der Waals surface area contributed by atoms with Crippen LogP contribution < -0.4 is 11.1 Å². The number of aryl methyl sites for hydroxylation is 3. The Bertz CT molecular complexity index is 941. The van der Waals surface area contributed by atoms with Crippen LogP contribution in [0, 0.1) is 19.8 Å². The van der Waals surface area contributed by atoms with Crippen LogP contribution in [0.1, 0.15) is 33.5 Å². The number of hydrogen-bond acceptors (Lipinski definition) is 9. The molecule has 0 aliphatic heterocycles. The summed E-state index contributed by atoms with van der Waals surface area (Å²) in [4.78, 5) is 18.5. The quantitative estimate of drug-likeness (QED) is 0.701. The fourth-order valence-corrected chi connectivity index (χ4v) is 4.94. The SMILES string of the molecule is Cc1noc(C)c1-c1nc2c(s1)CCC(C(=O)NCc1nnc(N)s1)C2. The van der Waals surface area contributed by atoms with Gasteiger partial charge in [0, 0.05) is 17.2 Å². The Labute approximate surface area is 157 Å². The second-order valence-corrected chi connectivity index (χ2v) is 8.46. The fourth-order valence-electron chi connectivity index (χ4n) is 3.14. The highest BCUT2D eigenvalue weighted by Gasteiger charge is 2.29. The minimum Gasteiger partial charge on any atom is -0.374 e. The number of thiazole rings is 1. The second-order valence-electron chi connectivity index (χ2n) is 6.28. The van der Waals surface area contributed by atoms with Gasteiger partial charge < -0.3 is 15.6 Å². The maximum Gasteiger partial charge on any atom is 0.223 e. The first-order valence-electron chi connectivity index (χ1n) is 8.28.